The molecule has 2 amide bonds. The van der Waals surface area contributed by atoms with E-state index in [9.17, 15) is 4.79 Å². The van der Waals surface area contributed by atoms with E-state index in [0.29, 0.717) is 32.3 Å². The quantitative estimate of drug-likeness (QED) is 0.883. The third-order valence-electron chi connectivity index (χ3n) is 5.40. The van der Waals surface area contributed by atoms with Crippen LogP contribution in [0.2, 0.25) is 0 Å². The van der Waals surface area contributed by atoms with Crippen molar-refractivity contribution in [2.24, 2.45) is 0 Å². The van der Waals surface area contributed by atoms with Gasteiger partial charge in [-0.15, -0.1) is 0 Å². The zero-order valence-electron chi connectivity index (χ0n) is 16.0. The molecule has 0 saturated carbocycles. The second-order valence-corrected chi connectivity index (χ2v) is 7.57. The van der Waals surface area contributed by atoms with E-state index in [0.717, 1.165) is 29.1 Å². The van der Waals surface area contributed by atoms with Crippen molar-refractivity contribution in [3.63, 3.8) is 0 Å². The minimum atomic E-state index is -0.264. The second kappa shape index (κ2) is 6.81. The van der Waals surface area contributed by atoms with Crippen LogP contribution in [0, 0.1) is 6.92 Å². The summed E-state index contributed by atoms with van der Waals surface area (Å²) in [6.45, 7) is 4.40. The van der Waals surface area contributed by atoms with Crippen LogP contribution in [0.1, 0.15) is 23.4 Å². The van der Waals surface area contributed by atoms with Crippen LogP contribution in [0.15, 0.2) is 30.3 Å². The number of likely N-dealkylation sites (tertiary alicyclic amines) is 1. The molecule has 142 valence electrons. The lowest BCUT2D eigenvalue weighted by Crippen LogP contribution is -2.43. The van der Waals surface area contributed by atoms with Crippen molar-refractivity contribution in [3.05, 3.63) is 47.3 Å². The monoisotopic (exact) mass is 367 g/mol. The van der Waals surface area contributed by atoms with Gasteiger partial charge >= 0.3 is 6.03 Å². The Bertz CT molecular complexity index is 855. The zero-order valence-corrected chi connectivity index (χ0v) is 16.0. The number of rotatable bonds is 2. The van der Waals surface area contributed by atoms with Crippen LogP contribution in [0.4, 0.5) is 16.4 Å². The molecule has 1 aromatic heterocycles. The number of urea groups is 1. The second-order valence-electron chi connectivity index (χ2n) is 7.57. The van der Waals surface area contributed by atoms with Crippen LogP contribution < -0.4 is 10.2 Å². The first-order chi connectivity index (χ1) is 13.0. The lowest BCUT2D eigenvalue weighted by Gasteiger charge is -2.35. The number of anilines is 2. The first kappa shape index (κ1) is 17.7. The number of nitrogens with one attached hydrogen (secondary N) is 1. The van der Waals surface area contributed by atoms with E-state index in [1.807, 2.05) is 61.2 Å². The summed E-state index contributed by atoms with van der Waals surface area (Å²) >= 11 is 0. The summed E-state index contributed by atoms with van der Waals surface area (Å²) < 4.78 is 5.91. The number of carbonyl (C=O) groups excluding carboxylic acids is 1. The Hall–Kier alpha value is -2.67. The maximum atomic E-state index is 12.7. The fraction of sp³-hybridized carbons (Fsp3) is 0.450. The molecular weight excluding hydrogens is 342 g/mol. The first-order valence-electron chi connectivity index (χ1n) is 9.22. The highest BCUT2D eigenvalue weighted by molar-refractivity contribution is 5.89. The van der Waals surface area contributed by atoms with Crippen molar-refractivity contribution >= 4 is 17.7 Å². The highest BCUT2D eigenvalue weighted by atomic mass is 16.5. The molecular formula is C20H25N5O2. The van der Waals surface area contributed by atoms with Crippen molar-refractivity contribution in [1.29, 1.82) is 0 Å². The van der Waals surface area contributed by atoms with E-state index in [-0.39, 0.29) is 11.4 Å². The summed E-state index contributed by atoms with van der Waals surface area (Å²) in [4.78, 5) is 26.0. The summed E-state index contributed by atoms with van der Waals surface area (Å²) in [5.41, 5.74) is 3.60. The first-order valence-corrected chi connectivity index (χ1v) is 9.22. The number of aromatic nitrogens is 2. The Kier molecular flexibility index (Phi) is 4.47. The number of hydrogen-bond donors (Lipinski definition) is 1. The third kappa shape index (κ3) is 3.23. The number of hydrogen-bond acceptors (Lipinski definition) is 5. The van der Waals surface area contributed by atoms with Gasteiger partial charge in [0.15, 0.2) is 0 Å². The van der Waals surface area contributed by atoms with Crippen molar-refractivity contribution < 1.29 is 9.53 Å². The Morgan fingerprint density at radius 2 is 2.04 bits per heavy atom. The topological polar surface area (TPSA) is 70.6 Å². The third-order valence-corrected chi connectivity index (χ3v) is 5.40. The van der Waals surface area contributed by atoms with Gasteiger partial charge in [0.1, 0.15) is 0 Å². The van der Waals surface area contributed by atoms with Crippen LogP contribution in [0.5, 0.6) is 0 Å². The van der Waals surface area contributed by atoms with Gasteiger partial charge in [-0.2, -0.15) is 0 Å². The Balaban J connectivity index is 1.60. The van der Waals surface area contributed by atoms with Crippen LogP contribution in [-0.4, -0.2) is 54.7 Å². The summed E-state index contributed by atoms with van der Waals surface area (Å²) in [6.07, 6.45) is 0.839. The lowest BCUT2D eigenvalue weighted by molar-refractivity contribution is 0.0516. The predicted molar refractivity (Wildman–Crippen MR) is 104 cm³/mol. The highest BCUT2D eigenvalue weighted by Crippen LogP contribution is 2.40. The SMILES string of the molecule is Cc1nc(N(C)C)nc2c1COC[C@]21CCN(C(=O)Nc2ccccc2)C1. The summed E-state index contributed by atoms with van der Waals surface area (Å²) in [5, 5.41) is 2.98. The minimum Gasteiger partial charge on any atom is -0.376 e. The average molecular weight is 367 g/mol. The summed E-state index contributed by atoms with van der Waals surface area (Å²) in [6, 6.07) is 9.46. The van der Waals surface area contributed by atoms with E-state index < -0.39 is 0 Å². The van der Waals surface area contributed by atoms with Gasteiger partial charge in [0, 0.05) is 44.1 Å². The maximum Gasteiger partial charge on any atom is 0.321 e. The lowest BCUT2D eigenvalue weighted by atomic mass is 9.80. The molecule has 1 aromatic carbocycles. The van der Waals surface area contributed by atoms with Crippen molar-refractivity contribution in [1.82, 2.24) is 14.9 Å². The van der Waals surface area contributed by atoms with E-state index in [1.165, 1.54) is 0 Å². The molecule has 7 nitrogen and oxygen atoms in total. The number of nitrogens with zero attached hydrogens (tertiary/aromatic N) is 4. The molecule has 7 heteroatoms. The average Bonchev–Trinajstić information content (AvgIpc) is 3.08. The molecule has 1 saturated heterocycles. The molecule has 27 heavy (non-hydrogen) atoms. The van der Waals surface area contributed by atoms with Crippen LogP contribution >= 0.6 is 0 Å². The van der Waals surface area contributed by atoms with Crippen LogP contribution in [0.25, 0.3) is 0 Å². The van der Waals surface area contributed by atoms with E-state index in [2.05, 4.69) is 10.3 Å². The molecule has 0 radical (unpaired) electrons. The number of ether oxygens (including phenoxy) is 1. The van der Waals surface area contributed by atoms with Crippen molar-refractivity contribution in [2.75, 3.05) is 44.0 Å². The summed E-state index contributed by atoms with van der Waals surface area (Å²) in [5.74, 6) is 0.708. The van der Waals surface area contributed by atoms with Crippen LogP contribution in [0.3, 0.4) is 0 Å². The standard InChI is InChI=1S/C20H25N5O2/c1-14-16-11-27-13-20(17(16)23-18(21-14)24(2)3)9-10-25(12-20)19(26)22-15-7-5-4-6-8-15/h4-8H,9-13H2,1-3H3,(H,22,26)/t20-/m1/s1. The molecule has 2 aromatic rings. The molecule has 0 aliphatic carbocycles. The molecule has 2 aliphatic rings. The highest BCUT2D eigenvalue weighted by Gasteiger charge is 2.46. The van der Waals surface area contributed by atoms with Gasteiger partial charge in [-0.3, -0.25) is 0 Å². The molecule has 1 atom stereocenters. The molecule has 1 N–H and O–H groups in total. The fourth-order valence-electron chi connectivity index (χ4n) is 3.89. The molecule has 2 aliphatic heterocycles. The van der Waals surface area contributed by atoms with Gasteiger partial charge in [0.2, 0.25) is 5.95 Å². The Labute approximate surface area is 159 Å². The van der Waals surface area contributed by atoms with Gasteiger partial charge in [0.25, 0.3) is 0 Å². The Morgan fingerprint density at radius 1 is 1.26 bits per heavy atom. The number of fused-ring (bicyclic) bond motifs is 2. The van der Waals surface area contributed by atoms with Gasteiger partial charge in [-0.25, -0.2) is 14.8 Å². The van der Waals surface area contributed by atoms with Crippen molar-refractivity contribution in [2.45, 2.75) is 25.4 Å². The van der Waals surface area contributed by atoms with Gasteiger partial charge < -0.3 is 19.9 Å². The normalized spacial score (nSPS) is 21.2. The van der Waals surface area contributed by atoms with E-state index in [1.54, 1.807) is 0 Å². The number of benzene rings is 1. The van der Waals surface area contributed by atoms with E-state index in [4.69, 9.17) is 9.72 Å². The molecule has 1 spiro atoms. The van der Waals surface area contributed by atoms with Gasteiger partial charge in [-0.05, 0) is 25.5 Å². The zero-order chi connectivity index (χ0) is 19.0. The van der Waals surface area contributed by atoms with Gasteiger partial charge in [0.05, 0.1) is 24.3 Å². The molecule has 1 fully saturated rings. The summed E-state index contributed by atoms with van der Waals surface area (Å²) in [7, 11) is 3.89. The molecule has 0 unspecified atom stereocenters. The number of para-hydroxylation sites is 1. The molecule has 4 rings (SSSR count). The largest absolute Gasteiger partial charge is 0.376 e. The minimum absolute atomic E-state index is 0.0798. The smallest absolute Gasteiger partial charge is 0.321 e. The number of carbonyl (C=O) groups is 1. The van der Waals surface area contributed by atoms with Crippen LogP contribution in [-0.2, 0) is 16.8 Å². The molecule has 3 heterocycles. The molecule has 0 bridgehead atoms. The fourth-order valence-corrected chi connectivity index (χ4v) is 3.89. The number of aryl methyl sites for hydroxylation is 1. The number of amides is 2. The van der Waals surface area contributed by atoms with Crippen molar-refractivity contribution in [3.8, 4) is 0 Å². The van der Waals surface area contributed by atoms with Gasteiger partial charge in [-0.1, -0.05) is 18.2 Å². The predicted octanol–water partition coefficient (Wildman–Crippen LogP) is 2.56. The maximum absolute atomic E-state index is 12.7. The van der Waals surface area contributed by atoms with E-state index >= 15 is 0 Å². The Morgan fingerprint density at radius 3 is 2.78 bits per heavy atom.